The minimum absolute atomic E-state index is 0. The van der Waals surface area contributed by atoms with Crippen LogP contribution in [0.5, 0.6) is 0 Å². The Morgan fingerprint density at radius 2 is 1.86 bits per heavy atom. The highest BCUT2D eigenvalue weighted by molar-refractivity contribution is 6.22. The van der Waals surface area contributed by atoms with E-state index in [2.05, 4.69) is 61.1 Å². The van der Waals surface area contributed by atoms with Crippen LogP contribution in [0.15, 0.2) is 42.1 Å². The van der Waals surface area contributed by atoms with Gasteiger partial charge in [-0.05, 0) is 53.8 Å². The Morgan fingerprint density at radius 3 is 2.33 bits per heavy atom. The van der Waals surface area contributed by atoms with Crippen molar-refractivity contribution in [2.24, 2.45) is 17.3 Å². The zero-order valence-corrected chi connectivity index (χ0v) is 21.7. The second-order valence-corrected chi connectivity index (χ2v) is 10.7. The summed E-state index contributed by atoms with van der Waals surface area (Å²) < 4.78 is 38.2. The fourth-order valence-electron chi connectivity index (χ4n) is 4.85. The van der Waals surface area contributed by atoms with E-state index in [4.69, 9.17) is 11.6 Å². The number of pyridine rings is 1. The molecule has 1 aliphatic heterocycles. The molecule has 1 saturated heterocycles. The summed E-state index contributed by atoms with van der Waals surface area (Å²) in [5.74, 6) is 0.936. The lowest BCUT2D eigenvalue weighted by molar-refractivity contribution is -0.141. The van der Waals surface area contributed by atoms with Gasteiger partial charge >= 0.3 is 6.18 Å². The van der Waals surface area contributed by atoms with Crippen molar-refractivity contribution >= 4 is 11.6 Å². The Hall–Kier alpha value is -1.49. The van der Waals surface area contributed by atoms with Crippen LogP contribution in [0.25, 0.3) is 0 Å². The van der Waals surface area contributed by atoms with E-state index in [0.29, 0.717) is 18.4 Å². The molecule has 0 amide bonds. The molecular formula is C26H45ClF3N3O3. The Kier molecular flexibility index (Phi) is 15.3. The van der Waals surface area contributed by atoms with Crippen LogP contribution >= 0.6 is 11.6 Å². The predicted molar refractivity (Wildman–Crippen MR) is 142 cm³/mol. The van der Waals surface area contributed by atoms with Crippen LogP contribution in [0, 0.1) is 17.3 Å². The van der Waals surface area contributed by atoms with Crippen molar-refractivity contribution in [3.8, 4) is 0 Å². The highest BCUT2D eigenvalue weighted by Crippen LogP contribution is 2.41. The smallest absolute Gasteiger partial charge is 0.412 e. The van der Waals surface area contributed by atoms with Gasteiger partial charge in [-0.1, -0.05) is 59.4 Å². The summed E-state index contributed by atoms with van der Waals surface area (Å²) >= 11 is 6.20. The van der Waals surface area contributed by atoms with Gasteiger partial charge in [0.15, 0.2) is 0 Å². The van der Waals surface area contributed by atoms with Crippen LogP contribution in [0.2, 0.25) is 0 Å². The van der Waals surface area contributed by atoms with Crippen LogP contribution in [-0.4, -0.2) is 57.4 Å². The van der Waals surface area contributed by atoms with Crippen molar-refractivity contribution in [2.75, 3.05) is 19.6 Å². The van der Waals surface area contributed by atoms with Crippen molar-refractivity contribution < 1.29 is 29.6 Å². The summed E-state index contributed by atoms with van der Waals surface area (Å²) in [5, 5.41) is 3.66. The third-order valence-electron chi connectivity index (χ3n) is 6.73. The van der Waals surface area contributed by atoms with Crippen molar-refractivity contribution in [3.05, 3.63) is 53.4 Å². The number of aromatic nitrogens is 1. The number of likely N-dealkylation sites (tertiary alicyclic amines) is 1. The van der Waals surface area contributed by atoms with E-state index in [0.717, 1.165) is 44.1 Å². The lowest BCUT2D eigenvalue weighted by Gasteiger charge is -2.46. The van der Waals surface area contributed by atoms with E-state index < -0.39 is 11.9 Å². The zero-order valence-electron chi connectivity index (χ0n) is 20.9. The second kappa shape index (κ2) is 15.1. The number of nitrogens with one attached hydrogen (secondary N) is 1. The molecule has 1 aromatic heterocycles. The molecule has 6 nitrogen and oxygen atoms in total. The topological polar surface area (TPSA) is 123 Å². The fourth-order valence-corrected chi connectivity index (χ4v) is 5.01. The summed E-state index contributed by atoms with van der Waals surface area (Å²) in [6.45, 7) is 12.5. The summed E-state index contributed by atoms with van der Waals surface area (Å²) in [4.78, 5) is 6.09. The van der Waals surface area contributed by atoms with Gasteiger partial charge in [-0.15, -0.1) is 11.6 Å². The van der Waals surface area contributed by atoms with Crippen LogP contribution in [-0.2, 0) is 12.7 Å². The summed E-state index contributed by atoms with van der Waals surface area (Å²) in [7, 11) is 0. The number of allylic oxidation sites excluding steroid dienone is 4. The van der Waals surface area contributed by atoms with Gasteiger partial charge in [0.1, 0.15) is 5.69 Å². The minimum Gasteiger partial charge on any atom is -0.412 e. The van der Waals surface area contributed by atoms with Crippen LogP contribution < -0.4 is 5.32 Å². The molecule has 3 rings (SSSR count). The molecule has 10 heteroatoms. The Morgan fingerprint density at radius 1 is 1.19 bits per heavy atom. The third-order valence-corrected chi connectivity index (χ3v) is 7.05. The largest absolute Gasteiger partial charge is 0.433 e. The number of alkyl halides is 4. The number of hydrogen-bond donors (Lipinski definition) is 1. The third kappa shape index (κ3) is 9.76. The molecule has 7 N–H and O–H groups in total. The van der Waals surface area contributed by atoms with E-state index in [9.17, 15) is 13.2 Å². The maximum Gasteiger partial charge on any atom is 0.433 e. The van der Waals surface area contributed by atoms with Gasteiger partial charge in [0, 0.05) is 31.9 Å². The van der Waals surface area contributed by atoms with Gasteiger partial charge in [0.2, 0.25) is 0 Å². The van der Waals surface area contributed by atoms with Gasteiger partial charge in [-0.3, -0.25) is 4.98 Å². The molecule has 3 atom stereocenters. The molecule has 0 saturated carbocycles. The van der Waals surface area contributed by atoms with Crippen molar-refractivity contribution in [1.29, 1.82) is 0 Å². The highest BCUT2D eigenvalue weighted by atomic mass is 35.5. The molecule has 2 heterocycles. The lowest BCUT2D eigenvalue weighted by Crippen LogP contribution is -2.51. The number of piperidine rings is 1. The van der Waals surface area contributed by atoms with Gasteiger partial charge in [0.05, 0.1) is 5.38 Å². The first-order valence-electron chi connectivity index (χ1n) is 11.5. The molecule has 1 aromatic rings. The standard InChI is InChI=1S/C25H35ClF3N3.CH4.3H2O/c1-17(2)22(30-13-18-5-10-23(31-14-18)25(27,28)29)15-32-12-11-21(24(3,4)16-32)19-6-8-20(26)9-7-19;;;;/h5-8,10,14,17,20-22,30H,9,11-13,15-16H2,1-4H3;1H4;3*1H2/t20?,21-,22+;;;;/m1..../s1. The second-order valence-electron chi connectivity index (χ2n) is 10.2. The maximum atomic E-state index is 12.7. The molecule has 1 fully saturated rings. The highest BCUT2D eigenvalue weighted by Gasteiger charge is 2.38. The number of hydrogen-bond acceptors (Lipinski definition) is 3. The van der Waals surface area contributed by atoms with Gasteiger partial charge < -0.3 is 26.6 Å². The first kappa shape index (κ1) is 36.7. The molecule has 0 bridgehead atoms. The Bertz CT molecular complexity index is 830. The lowest BCUT2D eigenvalue weighted by atomic mass is 9.69. The molecule has 0 spiro atoms. The van der Waals surface area contributed by atoms with E-state index >= 15 is 0 Å². The molecule has 36 heavy (non-hydrogen) atoms. The maximum absolute atomic E-state index is 12.7. The van der Waals surface area contributed by atoms with Gasteiger partial charge in [-0.25, -0.2) is 0 Å². The first-order valence-corrected chi connectivity index (χ1v) is 11.9. The normalized spacial score (nSPS) is 22.3. The fraction of sp³-hybridized carbons (Fsp3) is 0.654. The van der Waals surface area contributed by atoms with E-state index in [-0.39, 0.29) is 40.7 Å². The Balaban J connectivity index is 0. The van der Waals surface area contributed by atoms with E-state index in [1.807, 2.05) is 0 Å². The average Bonchev–Trinajstić information content (AvgIpc) is 2.71. The quantitative estimate of drug-likeness (QED) is 0.522. The monoisotopic (exact) mass is 539 g/mol. The average molecular weight is 540 g/mol. The minimum atomic E-state index is -4.40. The van der Waals surface area contributed by atoms with Gasteiger partial charge in [0.25, 0.3) is 0 Å². The summed E-state index contributed by atoms with van der Waals surface area (Å²) in [6.07, 6.45) is 5.55. The zero-order chi connectivity index (χ0) is 23.5. The van der Waals surface area contributed by atoms with Crippen molar-refractivity contribution in [3.63, 3.8) is 0 Å². The first-order chi connectivity index (χ1) is 15.0. The van der Waals surface area contributed by atoms with E-state index in [1.165, 1.54) is 17.8 Å². The van der Waals surface area contributed by atoms with Crippen molar-refractivity contribution in [1.82, 2.24) is 15.2 Å². The van der Waals surface area contributed by atoms with E-state index in [1.54, 1.807) is 0 Å². The van der Waals surface area contributed by atoms with Crippen LogP contribution in [0.3, 0.4) is 0 Å². The van der Waals surface area contributed by atoms with Crippen molar-refractivity contribution in [2.45, 2.75) is 72.1 Å². The number of nitrogens with zero attached hydrogens (tertiary/aromatic N) is 2. The molecule has 1 aliphatic carbocycles. The Labute approximate surface area is 218 Å². The summed E-state index contributed by atoms with van der Waals surface area (Å²) in [6, 6.07) is 2.80. The van der Waals surface area contributed by atoms with Crippen LogP contribution in [0.1, 0.15) is 59.2 Å². The molecule has 0 aromatic carbocycles. The number of halogens is 4. The number of rotatable bonds is 7. The predicted octanol–water partition coefficient (Wildman–Crippen LogP) is 4.22. The molecule has 210 valence electrons. The summed E-state index contributed by atoms with van der Waals surface area (Å²) in [5.41, 5.74) is 1.49. The molecule has 0 radical (unpaired) electrons. The molecular weight excluding hydrogens is 495 g/mol. The molecule has 2 aliphatic rings. The SMILES string of the molecule is C.CC(C)[C@H](CN1CC[C@H](C2=CCC(Cl)C=C2)C(C)(C)C1)NCc1ccc(C(F)(F)F)nc1.O.O.O. The molecule has 1 unspecified atom stereocenters. The van der Waals surface area contributed by atoms with Gasteiger partial charge in [-0.2, -0.15) is 13.2 Å². The van der Waals surface area contributed by atoms with Crippen LogP contribution in [0.4, 0.5) is 13.2 Å².